The van der Waals surface area contributed by atoms with Gasteiger partial charge in [-0.3, -0.25) is 4.79 Å². The van der Waals surface area contributed by atoms with E-state index in [4.69, 9.17) is 26.0 Å². The van der Waals surface area contributed by atoms with Gasteiger partial charge in [0.05, 0.1) is 10.7 Å². The molecule has 1 aromatic carbocycles. The fourth-order valence-electron chi connectivity index (χ4n) is 2.16. The number of carboxylic acid groups (broad SMARTS) is 1. The molecule has 7 nitrogen and oxygen atoms in total. The fraction of sp³-hybridized carbons (Fsp3) is 0.312. The Bertz CT molecular complexity index is 737. The highest BCUT2D eigenvalue weighted by Gasteiger charge is 2.12. The quantitative estimate of drug-likeness (QED) is 0.794. The van der Waals surface area contributed by atoms with Crippen LogP contribution in [0.2, 0.25) is 5.02 Å². The van der Waals surface area contributed by atoms with Crippen LogP contribution in [0.5, 0.6) is 5.75 Å². The van der Waals surface area contributed by atoms with Crippen LogP contribution in [0.25, 0.3) is 0 Å². The molecule has 0 aliphatic heterocycles. The summed E-state index contributed by atoms with van der Waals surface area (Å²) in [5.41, 5.74) is 2.22. The number of amides is 1. The summed E-state index contributed by atoms with van der Waals surface area (Å²) in [5.74, 6) is -0.316. The number of nitrogens with zero attached hydrogens (tertiary/aromatic N) is 1. The van der Waals surface area contributed by atoms with Crippen LogP contribution in [-0.4, -0.2) is 28.7 Å². The summed E-state index contributed by atoms with van der Waals surface area (Å²) in [4.78, 5) is 22.5. The van der Waals surface area contributed by atoms with Gasteiger partial charge in [0.1, 0.15) is 11.5 Å². The number of benzene rings is 1. The van der Waals surface area contributed by atoms with E-state index in [0.717, 1.165) is 11.3 Å². The third-order valence-electron chi connectivity index (χ3n) is 3.35. The van der Waals surface area contributed by atoms with Gasteiger partial charge >= 0.3 is 5.97 Å². The number of rotatable bonds is 7. The molecule has 2 N–H and O–H groups in total. The number of hydrogen-bond donors (Lipinski definition) is 2. The van der Waals surface area contributed by atoms with Crippen LogP contribution in [0.4, 0.5) is 5.69 Å². The van der Waals surface area contributed by atoms with E-state index in [1.54, 1.807) is 6.07 Å². The van der Waals surface area contributed by atoms with Crippen molar-refractivity contribution in [2.24, 2.45) is 0 Å². The lowest BCUT2D eigenvalue weighted by molar-refractivity contribution is -0.139. The van der Waals surface area contributed by atoms with Gasteiger partial charge < -0.3 is 19.7 Å². The predicted molar refractivity (Wildman–Crippen MR) is 87.5 cm³/mol. The molecule has 0 bridgehead atoms. The van der Waals surface area contributed by atoms with E-state index in [9.17, 15) is 9.59 Å². The summed E-state index contributed by atoms with van der Waals surface area (Å²) in [6.07, 6.45) is 0.804. The number of aromatic nitrogens is 1. The number of carboxylic acids is 1. The van der Waals surface area contributed by atoms with Gasteiger partial charge in [0, 0.05) is 17.7 Å². The van der Waals surface area contributed by atoms with Crippen molar-refractivity contribution in [3.63, 3.8) is 0 Å². The first-order valence-electron chi connectivity index (χ1n) is 7.22. The normalized spacial score (nSPS) is 10.5. The van der Waals surface area contributed by atoms with Gasteiger partial charge in [0.15, 0.2) is 6.61 Å². The van der Waals surface area contributed by atoms with E-state index in [1.807, 2.05) is 13.8 Å². The molecule has 0 fully saturated rings. The molecule has 2 aromatic rings. The molecular weight excluding hydrogens is 336 g/mol. The minimum atomic E-state index is -1.09. The SMILES string of the molecule is Cc1noc(C)c1CCC(=O)Nc1ccc(OCC(=O)O)c(Cl)c1. The van der Waals surface area contributed by atoms with Gasteiger partial charge in [-0.05, 0) is 38.5 Å². The average Bonchev–Trinajstić information content (AvgIpc) is 2.83. The highest BCUT2D eigenvalue weighted by molar-refractivity contribution is 6.32. The lowest BCUT2D eigenvalue weighted by Gasteiger charge is -2.09. The highest BCUT2D eigenvalue weighted by Crippen LogP contribution is 2.27. The Kier molecular flexibility index (Phi) is 5.81. The van der Waals surface area contributed by atoms with Crippen LogP contribution < -0.4 is 10.1 Å². The molecule has 0 aliphatic carbocycles. The van der Waals surface area contributed by atoms with Crippen LogP contribution >= 0.6 is 11.6 Å². The summed E-state index contributed by atoms with van der Waals surface area (Å²) in [5, 5.41) is 15.4. The predicted octanol–water partition coefficient (Wildman–Crippen LogP) is 2.98. The monoisotopic (exact) mass is 352 g/mol. The van der Waals surface area contributed by atoms with Crippen molar-refractivity contribution in [3.05, 3.63) is 40.2 Å². The third kappa shape index (κ3) is 4.73. The van der Waals surface area contributed by atoms with Gasteiger partial charge in [-0.25, -0.2) is 4.79 Å². The minimum absolute atomic E-state index is 0.176. The number of anilines is 1. The number of aliphatic carboxylic acids is 1. The maximum absolute atomic E-state index is 12.0. The molecule has 1 heterocycles. The van der Waals surface area contributed by atoms with Crippen LogP contribution in [0.15, 0.2) is 22.7 Å². The zero-order valence-electron chi connectivity index (χ0n) is 13.3. The molecule has 24 heavy (non-hydrogen) atoms. The minimum Gasteiger partial charge on any atom is -0.480 e. The van der Waals surface area contributed by atoms with Crippen molar-refractivity contribution in [1.29, 1.82) is 0 Å². The Morgan fingerprint density at radius 2 is 2.12 bits per heavy atom. The number of carbonyl (C=O) groups is 2. The lowest BCUT2D eigenvalue weighted by atomic mass is 10.1. The molecular formula is C16H17ClN2O5. The van der Waals surface area contributed by atoms with E-state index >= 15 is 0 Å². The second-order valence-corrected chi connectivity index (χ2v) is 5.59. The molecule has 0 atom stereocenters. The summed E-state index contributed by atoms with van der Waals surface area (Å²) in [6, 6.07) is 4.61. The molecule has 8 heteroatoms. The number of ether oxygens (including phenoxy) is 1. The van der Waals surface area contributed by atoms with E-state index in [-0.39, 0.29) is 23.1 Å². The molecule has 0 spiro atoms. The van der Waals surface area contributed by atoms with Crippen molar-refractivity contribution >= 4 is 29.2 Å². The zero-order chi connectivity index (χ0) is 17.7. The third-order valence-corrected chi connectivity index (χ3v) is 3.65. The Balaban J connectivity index is 1.92. The van der Waals surface area contributed by atoms with Crippen LogP contribution in [0.3, 0.4) is 0 Å². The van der Waals surface area contributed by atoms with Crippen molar-refractivity contribution in [1.82, 2.24) is 5.16 Å². The molecule has 0 saturated carbocycles. The number of halogens is 1. The average molecular weight is 353 g/mol. The molecule has 0 unspecified atom stereocenters. The van der Waals surface area contributed by atoms with Crippen molar-refractivity contribution in [3.8, 4) is 5.75 Å². The maximum Gasteiger partial charge on any atom is 0.341 e. The molecule has 1 amide bonds. The van der Waals surface area contributed by atoms with Crippen LogP contribution in [0, 0.1) is 13.8 Å². The Hall–Kier alpha value is -2.54. The first-order valence-corrected chi connectivity index (χ1v) is 7.60. The summed E-state index contributed by atoms with van der Waals surface area (Å²) >= 11 is 6.01. The Labute approximate surface area is 143 Å². The number of aryl methyl sites for hydroxylation is 2. The number of nitrogens with one attached hydrogen (secondary N) is 1. The molecule has 0 radical (unpaired) electrons. The molecule has 128 valence electrons. The Morgan fingerprint density at radius 1 is 1.38 bits per heavy atom. The Morgan fingerprint density at radius 3 is 2.71 bits per heavy atom. The van der Waals surface area contributed by atoms with Gasteiger partial charge in [-0.2, -0.15) is 0 Å². The summed E-state index contributed by atoms with van der Waals surface area (Å²) in [6.45, 7) is 3.16. The van der Waals surface area contributed by atoms with Gasteiger partial charge in [0.2, 0.25) is 5.91 Å². The van der Waals surface area contributed by atoms with E-state index in [1.165, 1.54) is 12.1 Å². The molecule has 2 rings (SSSR count). The standard InChI is InChI=1S/C16H17ClN2O5/c1-9-12(10(2)24-19-9)4-6-15(20)18-11-3-5-14(13(17)7-11)23-8-16(21)22/h3,5,7H,4,6,8H2,1-2H3,(H,18,20)(H,21,22). The fourth-order valence-corrected chi connectivity index (χ4v) is 2.39. The van der Waals surface area contributed by atoms with Crippen molar-refractivity contribution in [2.75, 3.05) is 11.9 Å². The first kappa shape index (κ1) is 17.8. The second kappa shape index (κ2) is 7.83. The number of carbonyl (C=O) groups excluding carboxylic acids is 1. The van der Waals surface area contributed by atoms with E-state index in [0.29, 0.717) is 17.9 Å². The highest BCUT2D eigenvalue weighted by atomic mass is 35.5. The van der Waals surface area contributed by atoms with Gasteiger partial charge in [-0.1, -0.05) is 16.8 Å². The smallest absolute Gasteiger partial charge is 0.341 e. The topological polar surface area (TPSA) is 102 Å². The van der Waals surface area contributed by atoms with E-state index < -0.39 is 12.6 Å². The second-order valence-electron chi connectivity index (χ2n) is 5.18. The van der Waals surface area contributed by atoms with Crippen LogP contribution in [0.1, 0.15) is 23.4 Å². The first-order chi connectivity index (χ1) is 11.4. The van der Waals surface area contributed by atoms with Crippen LogP contribution in [-0.2, 0) is 16.0 Å². The zero-order valence-corrected chi connectivity index (χ0v) is 14.0. The summed E-state index contributed by atoms with van der Waals surface area (Å²) < 4.78 is 10.1. The molecule has 0 saturated heterocycles. The largest absolute Gasteiger partial charge is 0.480 e. The molecule has 0 aliphatic rings. The molecule has 1 aromatic heterocycles. The van der Waals surface area contributed by atoms with Gasteiger partial charge in [0.25, 0.3) is 0 Å². The van der Waals surface area contributed by atoms with Crippen molar-refractivity contribution < 1.29 is 24.0 Å². The lowest BCUT2D eigenvalue weighted by Crippen LogP contribution is -2.13. The maximum atomic E-state index is 12.0. The number of hydrogen-bond acceptors (Lipinski definition) is 5. The van der Waals surface area contributed by atoms with E-state index in [2.05, 4.69) is 10.5 Å². The van der Waals surface area contributed by atoms with Crippen molar-refractivity contribution in [2.45, 2.75) is 26.7 Å². The van der Waals surface area contributed by atoms with Gasteiger partial charge in [-0.15, -0.1) is 0 Å². The summed E-state index contributed by atoms with van der Waals surface area (Å²) in [7, 11) is 0.